The topological polar surface area (TPSA) is 44.1 Å². The van der Waals surface area contributed by atoms with Crippen LogP contribution in [0.3, 0.4) is 0 Å². The number of carbonyl (C=O) groups excluding carboxylic acids is 1. The quantitative estimate of drug-likeness (QED) is 0.694. The molecule has 102 valence electrons. The van der Waals surface area contributed by atoms with Gasteiger partial charge in [0.1, 0.15) is 12.2 Å². The molecular weight excluding hydrogens is 272 g/mol. The van der Waals surface area contributed by atoms with Gasteiger partial charge in [-0.15, -0.1) is 11.3 Å². The summed E-state index contributed by atoms with van der Waals surface area (Å²) >= 11 is 1.66. The Kier molecular flexibility index (Phi) is 3.28. The molecule has 4 nitrogen and oxygen atoms in total. The van der Waals surface area contributed by atoms with Gasteiger partial charge >= 0.3 is 5.97 Å². The van der Waals surface area contributed by atoms with Crippen molar-refractivity contribution in [3.05, 3.63) is 52.7 Å². The number of nitrogens with zero attached hydrogens (tertiary/aromatic N) is 2. The standard InChI is InChI=1S/C15H14N2O2S/c1-10-13(7-16-17(10)2)15(18)19-8-11-9-20-14-6-4-3-5-12(11)14/h3-7,9H,8H2,1-2H3. The van der Waals surface area contributed by atoms with Crippen LogP contribution in [0.1, 0.15) is 21.6 Å². The van der Waals surface area contributed by atoms with E-state index in [9.17, 15) is 4.79 Å². The third kappa shape index (κ3) is 2.20. The van der Waals surface area contributed by atoms with E-state index in [1.807, 2.05) is 30.5 Å². The van der Waals surface area contributed by atoms with Crippen molar-refractivity contribution in [3.63, 3.8) is 0 Å². The zero-order chi connectivity index (χ0) is 14.1. The molecular formula is C15H14N2O2S. The van der Waals surface area contributed by atoms with Crippen LogP contribution in [0.2, 0.25) is 0 Å². The average Bonchev–Trinajstić information content (AvgIpc) is 3.01. The molecule has 0 saturated heterocycles. The number of benzene rings is 1. The molecule has 2 aromatic heterocycles. The Morgan fingerprint density at radius 2 is 2.20 bits per heavy atom. The largest absolute Gasteiger partial charge is 0.457 e. The number of hydrogen-bond donors (Lipinski definition) is 0. The van der Waals surface area contributed by atoms with Crippen LogP contribution >= 0.6 is 11.3 Å². The lowest BCUT2D eigenvalue weighted by molar-refractivity contribution is 0.0474. The van der Waals surface area contributed by atoms with E-state index in [2.05, 4.69) is 11.2 Å². The van der Waals surface area contributed by atoms with Gasteiger partial charge in [0.15, 0.2) is 0 Å². The summed E-state index contributed by atoms with van der Waals surface area (Å²) in [6.07, 6.45) is 1.55. The van der Waals surface area contributed by atoms with Crippen LogP contribution in [0.5, 0.6) is 0 Å². The van der Waals surface area contributed by atoms with E-state index >= 15 is 0 Å². The molecule has 3 aromatic rings. The van der Waals surface area contributed by atoms with Crippen LogP contribution < -0.4 is 0 Å². The molecule has 0 unspecified atom stereocenters. The second-order valence-electron chi connectivity index (χ2n) is 4.60. The molecule has 0 N–H and O–H groups in total. The Hall–Kier alpha value is -2.14. The minimum atomic E-state index is -0.328. The Morgan fingerprint density at radius 3 is 2.95 bits per heavy atom. The Labute approximate surface area is 120 Å². The summed E-state index contributed by atoms with van der Waals surface area (Å²) in [6.45, 7) is 2.14. The average molecular weight is 286 g/mol. The maximum Gasteiger partial charge on any atom is 0.341 e. The van der Waals surface area contributed by atoms with Gasteiger partial charge in [-0.25, -0.2) is 4.79 Å². The van der Waals surface area contributed by atoms with Gasteiger partial charge in [0, 0.05) is 23.0 Å². The van der Waals surface area contributed by atoms with E-state index in [-0.39, 0.29) is 12.6 Å². The third-order valence-corrected chi connectivity index (χ3v) is 4.39. The number of carbonyl (C=O) groups is 1. The fourth-order valence-corrected chi connectivity index (χ4v) is 3.01. The molecule has 0 spiro atoms. The molecule has 0 aliphatic rings. The molecule has 0 bridgehead atoms. The molecule has 3 rings (SSSR count). The highest BCUT2D eigenvalue weighted by Crippen LogP contribution is 2.26. The SMILES string of the molecule is Cc1c(C(=O)OCc2csc3ccccc23)cnn1C. The monoisotopic (exact) mass is 286 g/mol. The summed E-state index contributed by atoms with van der Waals surface area (Å²) < 4.78 is 8.26. The number of hydrogen-bond acceptors (Lipinski definition) is 4. The lowest BCUT2D eigenvalue weighted by Crippen LogP contribution is -2.06. The zero-order valence-corrected chi connectivity index (χ0v) is 12.1. The van der Waals surface area contributed by atoms with E-state index in [0.29, 0.717) is 5.56 Å². The first-order chi connectivity index (χ1) is 9.66. The second-order valence-corrected chi connectivity index (χ2v) is 5.51. The van der Waals surface area contributed by atoms with Gasteiger partial charge in [0.05, 0.1) is 6.20 Å². The molecule has 20 heavy (non-hydrogen) atoms. The van der Waals surface area contributed by atoms with E-state index in [0.717, 1.165) is 16.6 Å². The van der Waals surface area contributed by atoms with Crippen molar-refractivity contribution in [1.29, 1.82) is 0 Å². The van der Waals surface area contributed by atoms with Gasteiger partial charge in [-0.3, -0.25) is 4.68 Å². The minimum absolute atomic E-state index is 0.289. The lowest BCUT2D eigenvalue weighted by Gasteiger charge is -2.04. The van der Waals surface area contributed by atoms with Crippen molar-refractivity contribution < 1.29 is 9.53 Å². The van der Waals surface area contributed by atoms with E-state index in [1.165, 1.54) is 4.70 Å². The summed E-state index contributed by atoms with van der Waals surface area (Å²) in [5, 5.41) is 7.23. The van der Waals surface area contributed by atoms with Gasteiger partial charge in [0.2, 0.25) is 0 Å². The van der Waals surface area contributed by atoms with Gasteiger partial charge in [-0.2, -0.15) is 5.10 Å². The number of esters is 1. The first kappa shape index (κ1) is 12.9. The summed E-state index contributed by atoms with van der Waals surface area (Å²) in [6, 6.07) is 8.11. The Morgan fingerprint density at radius 1 is 1.40 bits per heavy atom. The molecule has 1 aromatic carbocycles. The smallest absolute Gasteiger partial charge is 0.341 e. The molecule has 0 saturated carbocycles. The Bertz CT molecular complexity index is 773. The first-order valence-electron chi connectivity index (χ1n) is 6.27. The van der Waals surface area contributed by atoms with Crippen LogP contribution in [-0.2, 0) is 18.4 Å². The van der Waals surface area contributed by atoms with E-state index in [4.69, 9.17) is 4.74 Å². The summed E-state index contributed by atoms with van der Waals surface area (Å²) in [7, 11) is 1.80. The Balaban J connectivity index is 1.76. The number of fused-ring (bicyclic) bond motifs is 1. The van der Waals surface area contributed by atoms with E-state index in [1.54, 1.807) is 29.3 Å². The van der Waals surface area contributed by atoms with Crippen LogP contribution in [0, 0.1) is 6.92 Å². The van der Waals surface area contributed by atoms with Crippen molar-refractivity contribution in [1.82, 2.24) is 9.78 Å². The van der Waals surface area contributed by atoms with Gasteiger partial charge in [-0.1, -0.05) is 18.2 Å². The maximum atomic E-state index is 12.0. The predicted octanol–water partition coefficient (Wildman–Crippen LogP) is 3.30. The van der Waals surface area contributed by atoms with Gasteiger partial charge in [-0.05, 0) is 23.8 Å². The van der Waals surface area contributed by atoms with Crippen LogP contribution in [0.25, 0.3) is 10.1 Å². The zero-order valence-electron chi connectivity index (χ0n) is 11.3. The van der Waals surface area contributed by atoms with Crippen molar-refractivity contribution in [3.8, 4) is 0 Å². The number of thiophene rings is 1. The van der Waals surface area contributed by atoms with Crippen LogP contribution in [0.15, 0.2) is 35.8 Å². The van der Waals surface area contributed by atoms with Crippen molar-refractivity contribution >= 4 is 27.4 Å². The molecule has 0 aliphatic heterocycles. The highest BCUT2D eigenvalue weighted by Gasteiger charge is 2.15. The first-order valence-corrected chi connectivity index (χ1v) is 7.15. The maximum absolute atomic E-state index is 12.0. The normalized spacial score (nSPS) is 10.9. The van der Waals surface area contributed by atoms with Crippen LogP contribution in [-0.4, -0.2) is 15.7 Å². The van der Waals surface area contributed by atoms with Crippen molar-refractivity contribution in [2.24, 2.45) is 7.05 Å². The highest BCUT2D eigenvalue weighted by atomic mass is 32.1. The second kappa shape index (κ2) is 5.09. The lowest BCUT2D eigenvalue weighted by atomic mass is 10.2. The predicted molar refractivity (Wildman–Crippen MR) is 78.9 cm³/mol. The molecule has 0 radical (unpaired) electrons. The van der Waals surface area contributed by atoms with E-state index < -0.39 is 0 Å². The molecule has 0 aliphatic carbocycles. The van der Waals surface area contributed by atoms with Crippen molar-refractivity contribution in [2.45, 2.75) is 13.5 Å². The third-order valence-electron chi connectivity index (χ3n) is 3.38. The fourth-order valence-electron chi connectivity index (χ4n) is 2.06. The molecule has 5 heteroatoms. The summed E-state index contributed by atoms with van der Waals surface area (Å²) in [5.41, 5.74) is 2.37. The number of aryl methyl sites for hydroxylation is 1. The van der Waals surface area contributed by atoms with Gasteiger partial charge in [0.25, 0.3) is 0 Å². The summed E-state index contributed by atoms with van der Waals surface area (Å²) in [5.74, 6) is -0.328. The molecule has 2 heterocycles. The number of aromatic nitrogens is 2. The molecule has 0 atom stereocenters. The minimum Gasteiger partial charge on any atom is -0.457 e. The van der Waals surface area contributed by atoms with Crippen molar-refractivity contribution in [2.75, 3.05) is 0 Å². The van der Waals surface area contributed by atoms with Gasteiger partial charge < -0.3 is 4.74 Å². The summed E-state index contributed by atoms with van der Waals surface area (Å²) in [4.78, 5) is 12.0. The van der Waals surface area contributed by atoms with Crippen LogP contribution in [0.4, 0.5) is 0 Å². The number of rotatable bonds is 3. The molecule has 0 fully saturated rings. The number of ether oxygens (including phenoxy) is 1. The molecule has 0 amide bonds. The fraction of sp³-hybridized carbons (Fsp3) is 0.200. The highest BCUT2D eigenvalue weighted by molar-refractivity contribution is 7.17.